The lowest BCUT2D eigenvalue weighted by atomic mass is 10.0. The molecule has 13 heavy (non-hydrogen) atoms. The highest BCUT2D eigenvalue weighted by Crippen LogP contribution is 2.08. The van der Waals surface area contributed by atoms with E-state index in [0.29, 0.717) is 0 Å². The zero-order chi connectivity index (χ0) is 9.14. The normalized spacial score (nSPS) is 19.4. The molecule has 0 saturated heterocycles. The Hall–Kier alpha value is -1.07. The van der Waals surface area contributed by atoms with Crippen LogP contribution >= 0.6 is 12.4 Å². The summed E-state index contributed by atoms with van der Waals surface area (Å²) >= 11 is 0. The molecule has 1 aliphatic rings. The van der Waals surface area contributed by atoms with Gasteiger partial charge in [-0.2, -0.15) is 8.42 Å². The first-order valence-electron chi connectivity index (χ1n) is 3.16. The van der Waals surface area contributed by atoms with Gasteiger partial charge < -0.3 is 5.11 Å². The monoisotopic (exact) mass is 222 g/mol. The molecule has 1 atom stereocenters. The fourth-order valence-electron chi connectivity index (χ4n) is 0.887. The number of carboxylic acids is 1. The fourth-order valence-corrected chi connectivity index (χ4v) is 1.46. The van der Waals surface area contributed by atoms with Gasteiger partial charge in [-0.05, 0) is 6.08 Å². The van der Waals surface area contributed by atoms with Crippen LogP contribution in [-0.4, -0.2) is 24.4 Å². The zero-order valence-electron chi connectivity index (χ0n) is 6.38. The Bertz CT molecular complexity index is 383. The summed E-state index contributed by atoms with van der Waals surface area (Å²) in [5.41, 5.74) is 0. The van der Waals surface area contributed by atoms with Gasteiger partial charge in [0, 0.05) is 0 Å². The molecule has 0 spiro atoms. The minimum absolute atomic E-state index is 0. The summed E-state index contributed by atoms with van der Waals surface area (Å²) in [6.45, 7) is 0. The van der Waals surface area contributed by atoms with Crippen molar-refractivity contribution in [3.63, 3.8) is 0 Å². The summed E-state index contributed by atoms with van der Waals surface area (Å²) in [5.74, 6) is -2.19. The van der Waals surface area contributed by atoms with Crippen molar-refractivity contribution in [1.29, 1.82) is 0 Å². The quantitative estimate of drug-likeness (QED) is 0.648. The summed E-state index contributed by atoms with van der Waals surface area (Å²) < 4.78 is 21.0. The van der Waals surface area contributed by atoms with Gasteiger partial charge in [0.15, 0.2) is 0 Å². The molecule has 0 heterocycles. The van der Waals surface area contributed by atoms with Crippen LogP contribution in [0.15, 0.2) is 24.3 Å². The standard InChI is InChI=1S/C7H6O4S.ClH/c8-7(9)5-3-1-2-4-6(5)12(10)11;/h1-5H,(H,8,9);1H. The van der Waals surface area contributed by atoms with Gasteiger partial charge in [0.2, 0.25) is 10.3 Å². The van der Waals surface area contributed by atoms with E-state index in [-0.39, 0.29) is 17.3 Å². The number of carboxylic acid groups (broad SMARTS) is 1. The van der Waals surface area contributed by atoms with Gasteiger partial charge in [-0.1, -0.05) is 18.2 Å². The van der Waals surface area contributed by atoms with E-state index in [0.717, 1.165) is 0 Å². The number of carbonyl (C=O) groups is 1. The topological polar surface area (TPSA) is 71.4 Å². The molecule has 6 heteroatoms. The molecule has 1 aliphatic carbocycles. The Kier molecular flexibility index (Phi) is 4.44. The second-order valence-electron chi connectivity index (χ2n) is 2.20. The molecule has 0 aromatic heterocycles. The summed E-state index contributed by atoms with van der Waals surface area (Å²) in [5, 5.41) is 8.58. The van der Waals surface area contributed by atoms with Crippen molar-refractivity contribution in [3.05, 3.63) is 24.3 Å². The summed E-state index contributed by atoms with van der Waals surface area (Å²) in [6.07, 6.45) is 5.61. The van der Waals surface area contributed by atoms with E-state index in [1.807, 2.05) is 0 Å². The van der Waals surface area contributed by atoms with Crippen LogP contribution < -0.4 is 0 Å². The van der Waals surface area contributed by atoms with Gasteiger partial charge in [0.25, 0.3) is 0 Å². The largest absolute Gasteiger partial charge is 0.481 e. The molecular weight excluding hydrogens is 216 g/mol. The van der Waals surface area contributed by atoms with E-state index >= 15 is 0 Å². The van der Waals surface area contributed by atoms with Crippen LogP contribution in [-0.2, 0) is 15.1 Å². The highest BCUT2D eigenvalue weighted by atomic mass is 35.5. The molecule has 0 aromatic rings. The smallest absolute Gasteiger partial charge is 0.315 e. The number of aliphatic carboxylic acids is 1. The van der Waals surface area contributed by atoms with E-state index in [9.17, 15) is 13.2 Å². The molecule has 72 valence electrons. The van der Waals surface area contributed by atoms with Gasteiger partial charge in [-0.15, -0.1) is 12.4 Å². The van der Waals surface area contributed by atoms with Gasteiger partial charge in [-0.25, -0.2) is 0 Å². The van der Waals surface area contributed by atoms with Crippen molar-refractivity contribution in [1.82, 2.24) is 0 Å². The van der Waals surface area contributed by atoms with Crippen LogP contribution in [0.25, 0.3) is 0 Å². The SMILES string of the molecule is Cl.O=C(O)C1C=CC=CC1=S(=O)=O. The van der Waals surface area contributed by atoms with E-state index in [1.165, 1.54) is 24.3 Å². The minimum atomic E-state index is -2.45. The Morgan fingerprint density at radius 3 is 2.38 bits per heavy atom. The third-order valence-corrected chi connectivity index (χ3v) is 2.22. The lowest BCUT2D eigenvalue weighted by Gasteiger charge is -2.06. The van der Waals surface area contributed by atoms with Crippen molar-refractivity contribution in [2.75, 3.05) is 0 Å². The Labute approximate surface area is 82.5 Å². The molecule has 1 unspecified atom stereocenters. The van der Waals surface area contributed by atoms with Crippen LogP contribution in [0.3, 0.4) is 0 Å². The molecule has 0 bridgehead atoms. The van der Waals surface area contributed by atoms with Crippen LogP contribution in [0.2, 0.25) is 0 Å². The predicted molar refractivity (Wildman–Crippen MR) is 50.6 cm³/mol. The Morgan fingerprint density at radius 2 is 2.00 bits per heavy atom. The van der Waals surface area contributed by atoms with Crippen molar-refractivity contribution in [3.8, 4) is 0 Å². The van der Waals surface area contributed by atoms with Crippen molar-refractivity contribution in [2.45, 2.75) is 0 Å². The first-order valence-corrected chi connectivity index (χ1v) is 4.24. The maximum atomic E-state index is 10.5. The predicted octanol–water partition coefficient (Wildman–Crippen LogP) is 0.286. The zero-order valence-corrected chi connectivity index (χ0v) is 8.01. The second-order valence-corrected chi connectivity index (χ2v) is 3.14. The summed E-state index contributed by atoms with van der Waals surface area (Å²) in [7, 11) is -2.45. The van der Waals surface area contributed by atoms with Crippen molar-refractivity contribution in [2.24, 2.45) is 5.92 Å². The molecule has 0 aromatic carbocycles. The first kappa shape index (κ1) is 11.9. The maximum Gasteiger partial charge on any atom is 0.315 e. The summed E-state index contributed by atoms with van der Waals surface area (Å²) in [4.78, 5) is 10.4. The molecule has 0 amide bonds. The molecule has 0 radical (unpaired) electrons. The highest BCUT2D eigenvalue weighted by Gasteiger charge is 2.21. The van der Waals surface area contributed by atoms with E-state index in [4.69, 9.17) is 5.11 Å². The molecule has 1 N–H and O–H groups in total. The lowest BCUT2D eigenvalue weighted by Crippen LogP contribution is -2.22. The minimum Gasteiger partial charge on any atom is -0.481 e. The van der Waals surface area contributed by atoms with Crippen LogP contribution in [0.1, 0.15) is 0 Å². The number of rotatable bonds is 1. The van der Waals surface area contributed by atoms with Crippen LogP contribution in [0.4, 0.5) is 0 Å². The highest BCUT2D eigenvalue weighted by molar-refractivity contribution is 7.73. The average molecular weight is 223 g/mol. The van der Waals surface area contributed by atoms with Gasteiger partial charge in [-0.3, -0.25) is 4.79 Å². The molecule has 0 saturated carbocycles. The second kappa shape index (κ2) is 4.84. The summed E-state index contributed by atoms with van der Waals surface area (Å²) in [6, 6.07) is 0. The third kappa shape index (κ3) is 2.71. The number of hydrogen-bond acceptors (Lipinski definition) is 3. The Balaban J connectivity index is 0.00000144. The van der Waals surface area contributed by atoms with Crippen LogP contribution in [0.5, 0.6) is 0 Å². The van der Waals surface area contributed by atoms with Gasteiger partial charge in [0.05, 0.1) is 4.86 Å². The number of allylic oxidation sites excluding steroid dienone is 3. The van der Waals surface area contributed by atoms with Crippen molar-refractivity contribution < 1.29 is 18.3 Å². The number of hydrogen-bond donors (Lipinski definition) is 1. The third-order valence-electron chi connectivity index (χ3n) is 1.44. The fraction of sp³-hybridized carbons (Fsp3) is 0.143. The number of halogens is 1. The molecule has 0 aliphatic heterocycles. The van der Waals surface area contributed by atoms with Gasteiger partial charge in [0.1, 0.15) is 5.92 Å². The van der Waals surface area contributed by atoms with E-state index < -0.39 is 22.2 Å². The molecular formula is C7H7ClO4S. The molecule has 1 rings (SSSR count). The van der Waals surface area contributed by atoms with Gasteiger partial charge >= 0.3 is 5.97 Å². The average Bonchev–Trinajstić information content (AvgIpc) is 2.04. The first-order chi connectivity index (χ1) is 5.63. The molecule has 4 nitrogen and oxygen atoms in total. The van der Waals surface area contributed by atoms with E-state index in [2.05, 4.69) is 0 Å². The lowest BCUT2D eigenvalue weighted by molar-refractivity contribution is -0.137. The van der Waals surface area contributed by atoms with Crippen molar-refractivity contribution >= 4 is 33.5 Å². The van der Waals surface area contributed by atoms with Crippen LogP contribution in [0, 0.1) is 5.92 Å². The van der Waals surface area contributed by atoms with E-state index in [1.54, 1.807) is 0 Å². The Morgan fingerprint density at radius 1 is 1.38 bits per heavy atom. The maximum absolute atomic E-state index is 10.5. The molecule has 0 fully saturated rings.